The Morgan fingerprint density at radius 2 is 1.10 bits per heavy atom. The van der Waals surface area contributed by atoms with Gasteiger partial charge in [0.15, 0.2) is 0 Å². The van der Waals surface area contributed by atoms with Crippen LogP contribution in [0.5, 0.6) is 0 Å². The van der Waals surface area contributed by atoms with Gasteiger partial charge in [-0.1, -0.05) is 65.2 Å². The van der Waals surface area contributed by atoms with Crippen molar-refractivity contribution in [3.63, 3.8) is 0 Å². The van der Waals surface area contributed by atoms with Crippen molar-refractivity contribution >= 4 is 12.8 Å². The molecule has 29 heavy (non-hydrogen) atoms. The monoisotopic (exact) mass is 400 g/mol. The Hall–Kier alpha value is -2.46. The quantitative estimate of drug-likeness (QED) is 0.570. The second kappa shape index (κ2) is 12.9. The highest BCUT2D eigenvalue weighted by Crippen LogP contribution is 2.24. The van der Waals surface area contributed by atoms with Crippen molar-refractivity contribution in [2.45, 2.75) is 66.1 Å². The summed E-state index contributed by atoms with van der Waals surface area (Å²) in [5.74, 6) is 0. The van der Waals surface area contributed by atoms with Crippen molar-refractivity contribution in [2.75, 3.05) is 7.11 Å². The third-order valence-corrected chi connectivity index (χ3v) is 4.20. The smallest absolute Gasteiger partial charge is 0.293 e. The lowest BCUT2D eigenvalue weighted by Crippen LogP contribution is -2.36. The van der Waals surface area contributed by atoms with Crippen LogP contribution in [0.1, 0.15) is 61.2 Å². The van der Waals surface area contributed by atoms with Crippen molar-refractivity contribution in [3.8, 4) is 0 Å². The number of ether oxygens (including phenoxy) is 2. The van der Waals surface area contributed by atoms with Crippen molar-refractivity contribution in [3.05, 3.63) is 70.8 Å². The van der Waals surface area contributed by atoms with Crippen LogP contribution >= 0.6 is 0 Å². The highest BCUT2D eigenvalue weighted by molar-refractivity contribution is 5.74. The molecule has 2 aromatic carbocycles. The molecule has 0 saturated carbocycles. The largest absolute Gasteiger partial charge is 0.462 e. The van der Waals surface area contributed by atoms with E-state index in [0.29, 0.717) is 12.9 Å². The van der Waals surface area contributed by atoms with E-state index < -0.39 is 5.60 Å². The number of methoxy groups -OCH3 is 1. The Bertz CT molecular complexity index is 692. The number of carbonyl (C=O) groups is 2. The van der Waals surface area contributed by atoms with Crippen molar-refractivity contribution in [2.24, 2.45) is 0 Å². The standard InChI is InChI=1S/C9H18O3.C8H8O.C8H10/c1-8(2,11-5)6-9(3,4)12-7-10;1-7-2-4-8(6-9)5-3-7;1-7-3-5-8(2)6-4-7/h7H,6H2,1-5H3;2-6H,1H3;3-6H,1-2H3. The topological polar surface area (TPSA) is 52.6 Å². The van der Waals surface area contributed by atoms with E-state index in [1.165, 1.54) is 16.7 Å². The van der Waals surface area contributed by atoms with E-state index in [4.69, 9.17) is 9.47 Å². The van der Waals surface area contributed by atoms with Crippen LogP contribution in [-0.4, -0.2) is 31.1 Å². The molecule has 0 bridgehead atoms. The molecule has 0 aliphatic carbocycles. The Balaban J connectivity index is 0.000000414. The molecule has 0 aliphatic heterocycles. The van der Waals surface area contributed by atoms with Gasteiger partial charge >= 0.3 is 0 Å². The van der Waals surface area contributed by atoms with Gasteiger partial charge in [0.05, 0.1) is 5.60 Å². The summed E-state index contributed by atoms with van der Waals surface area (Å²) >= 11 is 0. The zero-order chi connectivity index (χ0) is 22.5. The summed E-state index contributed by atoms with van der Waals surface area (Å²) in [6.07, 6.45) is 1.52. The fraction of sp³-hybridized carbons (Fsp3) is 0.440. The average molecular weight is 401 g/mol. The van der Waals surface area contributed by atoms with Crippen LogP contribution in [0, 0.1) is 20.8 Å². The number of hydrogen-bond acceptors (Lipinski definition) is 4. The Labute approximate surface area is 176 Å². The van der Waals surface area contributed by atoms with Gasteiger partial charge in [0.2, 0.25) is 0 Å². The molecule has 2 rings (SSSR count). The normalized spacial score (nSPS) is 10.6. The van der Waals surface area contributed by atoms with Crippen LogP contribution in [0.4, 0.5) is 0 Å². The zero-order valence-corrected chi connectivity index (χ0v) is 19.1. The van der Waals surface area contributed by atoms with Gasteiger partial charge in [0, 0.05) is 19.1 Å². The van der Waals surface area contributed by atoms with E-state index in [-0.39, 0.29) is 5.60 Å². The molecule has 0 aliphatic rings. The minimum absolute atomic E-state index is 0.257. The predicted molar refractivity (Wildman–Crippen MR) is 119 cm³/mol. The van der Waals surface area contributed by atoms with Gasteiger partial charge in [-0.25, -0.2) is 0 Å². The highest BCUT2D eigenvalue weighted by Gasteiger charge is 2.29. The van der Waals surface area contributed by atoms with Gasteiger partial charge in [-0.2, -0.15) is 0 Å². The molecule has 0 fully saturated rings. The Morgan fingerprint density at radius 3 is 1.41 bits per heavy atom. The first kappa shape index (κ1) is 26.5. The third-order valence-electron chi connectivity index (χ3n) is 4.20. The molecular weight excluding hydrogens is 364 g/mol. The van der Waals surface area contributed by atoms with Gasteiger partial charge in [-0.15, -0.1) is 0 Å². The van der Waals surface area contributed by atoms with Crippen molar-refractivity contribution in [1.82, 2.24) is 0 Å². The van der Waals surface area contributed by atoms with Gasteiger partial charge in [-0.05, 0) is 48.5 Å². The van der Waals surface area contributed by atoms with E-state index in [0.717, 1.165) is 11.8 Å². The number of aryl methyl sites for hydroxylation is 3. The summed E-state index contributed by atoms with van der Waals surface area (Å²) in [6.45, 7) is 14.3. The number of hydrogen-bond donors (Lipinski definition) is 0. The van der Waals surface area contributed by atoms with Gasteiger partial charge < -0.3 is 9.47 Å². The summed E-state index contributed by atoms with van der Waals surface area (Å²) < 4.78 is 10.1. The maximum Gasteiger partial charge on any atom is 0.293 e. The fourth-order valence-corrected chi connectivity index (χ4v) is 2.55. The van der Waals surface area contributed by atoms with Crippen LogP contribution in [0.15, 0.2) is 48.5 Å². The molecular formula is C25H36O4. The van der Waals surface area contributed by atoms with Crippen LogP contribution in [0.2, 0.25) is 0 Å². The zero-order valence-electron chi connectivity index (χ0n) is 19.1. The molecule has 0 spiro atoms. The first-order chi connectivity index (χ1) is 13.4. The van der Waals surface area contributed by atoms with E-state index in [2.05, 4.69) is 38.1 Å². The minimum Gasteiger partial charge on any atom is -0.462 e. The number of aldehydes is 1. The Kier molecular flexibility index (Phi) is 11.8. The van der Waals surface area contributed by atoms with Gasteiger partial charge in [0.1, 0.15) is 11.9 Å². The van der Waals surface area contributed by atoms with Crippen molar-refractivity contribution < 1.29 is 19.1 Å². The van der Waals surface area contributed by atoms with Crippen molar-refractivity contribution in [1.29, 1.82) is 0 Å². The van der Waals surface area contributed by atoms with Crippen LogP contribution < -0.4 is 0 Å². The molecule has 0 heterocycles. The van der Waals surface area contributed by atoms with E-state index in [9.17, 15) is 9.59 Å². The number of rotatable bonds is 6. The summed E-state index contributed by atoms with van der Waals surface area (Å²) in [5, 5.41) is 0. The third kappa shape index (κ3) is 13.4. The SMILES string of the molecule is COC(C)(C)CC(C)(C)OC=O.Cc1ccc(C)cc1.Cc1ccc(C=O)cc1. The molecule has 0 saturated heterocycles. The molecule has 0 amide bonds. The lowest BCUT2D eigenvalue weighted by atomic mass is 9.92. The van der Waals surface area contributed by atoms with Crippen LogP contribution in [0.25, 0.3) is 0 Å². The molecule has 0 N–H and O–H groups in total. The second-order valence-corrected chi connectivity index (χ2v) is 8.30. The number of carbonyl (C=O) groups excluding carboxylic acids is 2. The van der Waals surface area contributed by atoms with E-state index >= 15 is 0 Å². The molecule has 4 heteroatoms. The maximum absolute atomic E-state index is 10.1. The first-order valence-corrected chi connectivity index (χ1v) is 9.66. The highest BCUT2D eigenvalue weighted by atomic mass is 16.5. The molecule has 0 atom stereocenters. The van der Waals surface area contributed by atoms with E-state index in [1.807, 2.05) is 58.9 Å². The van der Waals surface area contributed by atoms with Crippen LogP contribution in [0.3, 0.4) is 0 Å². The second-order valence-electron chi connectivity index (χ2n) is 8.30. The summed E-state index contributed by atoms with van der Waals surface area (Å²) in [5.41, 5.74) is 3.86. The number of benzene rings is 2. The summed E-state index contributed by atoms with van der Waals surface area (Å²) in [4.78, 5) is 20.2. The molecule has 4 nitrogen and oxygen atoms in total. The lowest BCUT2D eigenvalue weighted by molar-refractivity contribution is -0.146. The molecule has 0 unspecified atom stereocenters. The molecule has 160 valence electrons. The average Bonchev–Trinajstić information content (AvgIpc) is 2.65. The first-order valence-electron chi connectivity index (χ1n) is 9.66. The molecule has 0 aromatic heterocycles. The molecule has 0 radical (unpaired) electrons. The van der Waals surface area contributed by atoms with Gasteiger partial charge in [-0.3, -0.25) is 9.59 Å². The summed E-state index contributed by atoms with van der Waals surface area (Å²) in [7, 11) is 1.65. The molecule has 2 aromatic rings. The minimum atomic E-state index is -0.457. The Morgan fingerprint density at radius 1 is 0.724 bits per heavy atom. The van der Waals surface area contributed by atoms with E-state index in [1.54, 1.807) is 7.11 Å². The fourth-order valence-electron chi connectivity index (χ4n) is 2.55. The maximum atomic E-state index is 10.1. The predicted octanol–water partition coefficient (Wildman–Crippen LogP) is 5.86. The van der Waals surface area contributed by atoms with Crippen LogP contribution in [-0.2, 0) is 14.3 Å². The lowest BCUT2D eigenvalue weighted by Gasteiger charge is -2.32. The van der Waals surface area contributed by atoms with Gasteiger partial charge in [0.25, 0.3) is 6.47 Å². The summed E-state index contributed by atoms with van der Waals surface area (Å²) in [6, 6.07) is 15.9.